The van der Waals surface area contributed by atoms with Gasteiger partial charge in [0, 0.05) is 60.2 Å². The minimum atomic E-state index is -0.0645. The number of amides is 1. The Morgan fingerprint density at radius 1 is 1.00 bits per heavy atom. The van der Waals surface area contributed by atoms with Crippen LogP contribution in [0.4, 0.5) is 11.5 Å². The quantitative estimate of drug-likeness (QED) is 0.568. The third-order valence-electron chi connectivity index (χ3n) is 5.39. The van der Waals surface area contributed by atoms with Crippen LogP contribution >= 0.6 is 11.8 Å². The SMILES string of the molecule is COc1cc(NC(=O)C2CCN(c3nccnc3Sc3ccccc3)CC2)cc(OC)c1. The molecule has 1 saturated heterocycles. The fraction of sp³-hybridized carbons (Fsp3) is 0.292. The molecule has 2 heterocycles. The zero-order valence-electron chi connectivity index (χ0n) is 18.2. The second kappa shape index (κ2) is 10.4. The molecule has 32 heavy (non-hydrogen) atoms. The number of aromatic nitrogens is 2. The summed E-state index contributed by atoms with van der Waals surface area (Å²) in [4.78, 5) is 25.4. The number of hydrogen-bond acceptors (Lipinski definition) is 7. The Hall–Kier alpha value is -3.26. The molecule has 0 bridgehead atoms. The van der Waals surface area contributed by atoms with Crippen LogP contribution in [0.3, 0.4) is 0 Å². The molecule has 0 atom stereocenters. The van der Waals surface area contributed by atoms with E-state index in [9.17, 15) is 4.79 Å². The first-order valence-electron chi connectivity index (χ1n) is 10.5. The van der Waals surface area contributed by atoms with Crippen LogP contribution in [0.5, 0.6) is 11.5 Å². The second-order valence-electron chi connectivity index (χ2n) is 7.45. The molecule has 2 aromatic carbocycles. The smallest absolute Gasteiger partial charge is 0.227 e. The minimum absolute atomic E-state index is 0.0120. The highest BCUT2D eigenvalue weighted by Crippen LogP contribution is 2.34. The number of anilines is 2. The first kappa shape index (κ1) is 22.0. The van der Waals surface area contributed by atoms with Gasteiger partial charge in [0.15, 0.2) is 5.82 Å². The van der Waals surface area contributed by atoms with E-state index in [2.05, 4.69) is 32.3 Å². The molecule has 0 spiro atoms. The van der Waals surface area contributed by atoms with Gasteiger partial charge >= 0.3 is 0 Å². The third kappa shape index (κ3) is 5.31. The summed E-state index contributed by atoms with van der Waals surface area (Å²) in [6.45, 7) is 1.50. The summed E-state index contributed by atoms with van der Waals surface area (Å²) < 4.78 is 10.6. The fourth-order valence-electron chi connectivity index (χ4n) is 3.68. The summed E-state index contributed by atoms with van der Waals surface area (Å²) in [6.07, 6.45) is 4.94. The average Bonchev–Trinajstić information content (AvgIpc) is 2.85. The summed E-state index contributed by atoms with van der Waals surface area (Å²) >= 11 is 1.61. The monoisotopic (exact) mass is 450 g/mol. The van der Waals surface area contributed by atoms with Gasteiger partial charge in [-0.15, -0.1) is 0 Å². The van der Waals surface area contributed by atoms with Crippen LogP contribution in [0.2, 0.25) is 0 Å². The number of piperidine rings is 1. The molecule has 0 unspecified atom stereocenters. The van der Waals surface area contributed by atoms with E-state index in [4.69, 9.17) is 9.47 Å². The molecule has 7 nitrogen and oxygen atoms in total. The number of hydrogen-bond donors (Lipinski definition) is 1. The van der Waals surface area contributed by atoms with Crippen molar-refractivity contribution in [1.82, 2.24) is 9.97 Å². The average molecular weight is 451 g/mol. The Morgan fingerprint density at radius 2 is 1.66 bits per heavy atom. The van der Waals surface area contributed by atoms with E-state index >= 15 is 0 Å². The Balaban J connectivity index is 1.39. The van der Waals surface area contributed by atoms with Crippen LogP contribution in [0.1, 0.15) is 12.8 Å². The van der Waals surface area contributed by atoms with E-state index in [-0.39, 0.29) is 11.8 Å². The molecule has 166 valence electrons. The largest absolute Gasteiger partial charge is 0.497 e. The molecule has 1 aromatic heterocycles. The minimum Gasteiger partial charge on any atom is -0.497 e. The molecular formula is C24H26N4O3S. The fourth-order valence-corrected chi connectivity index (χ4v) is 4.59. The van der Waals surface area contributed by atoms with Gasteiger partial charge in [0.2, 0.25) is 5.91 Å². The predicted octanol–water partition coefficient (Wildman–Crippen LogP) is 4.50. The molecule has 8 heteroatoms. The molecule has 1 amide bonds. The van der Waals surface area contributed by atoms with Crippen molar-refractivity contribution in [3.8, 4) is 11.5 Å². The highest BCUT2D eigenvalue weighted by Gasteiger charge is 2.27. The van der Waals surface area contributed by atoms with E-state index < -0.39 is 0 Å². The van der Waals surface area contributed by atoms with Crippen molar-refractivity contribution in [3.05, 3.63) is 60.9 Å². The Labute approximate surface area is 192 Å². The molecule has 1 N–H and O–H groups in total. The van der Waals surface area contributed by atoms with Crippen LogP contribution in [0.25, 0.3) is 0 Å². The Kier molecular flexibility index (Phi) is 7.11. The third-order valence-corrected chi connectivity index (χ3v) is 6.38. The number of methoxy groups -OCH3 is 2. The van der Waals surface area contributed by atoms with Gasteiger partial charge in [0.1, 0.15) is 16.5 Å². The van der Waals surface area contributed by atoms with Crippen LogP contribution in [0, 0.1) is 5.92 Å². The maximum Gasteiger partial charge on any atom is 0.227 e. The molecule has 3 aromatic rings. The van der Waals surface area contributed by atoms with Crippen molar-refractivity contribution in [2.24, 2.45) is 5.92 Å². The standard InChI is InChI=1S/C24H26N4O3S/c1-30-19-14-18(15-20(16-19)31-2)27-23(29)17-8-12-28(13-9-17)22-24(26-11-10-25-22)32-21-6-4-3-5-7-21/h3-7,10-11,14-17H,8-9,12-13H2,1-2H3,(H,27,29). The lowest BCUT2D eigenvalue weighted by molar-refractivity contribution is -0.120. The molecule has 1 aliphatic heterocycles. The normalized spacial score (nSPS) is 14.1. The van der Waals surface area contributed by atoms with E-state index in [1.165, 1.54) is 0 Å². The van der Waals surface area contributed by atoms with E-state index in [0.717, 1.165) is 41.7 Å². The number of carbonyl (C=O) groups is 1. The number of ether oxygens (including phenoxy) is 2. The number of nitrogens with one attached hydrogen (secondary N) is 1. The zero-order chi connectivity index (χ0) is 22.3. The molecule has 1 fully saturated rings. The van der Waals surface area contributed by atoms with Crippen molar-refractivity contribution in [2.75, 3.05) is 37.5 Å². The van der Waals surface area contributed by atoms with Gasteiger partial charge in [-0.1, -0.05) is 30.0 Å². The van der Waals surface area contributed by atoms with Gasteiger partial charge in [-0.25, -0.2) is 9.97 Å². The van der Waals surface area contributed by atoms with Crippen molar-refractivity contribution in [3.63, 3.8) is 0 Å². The van der Waals surface area contributed by atoms with Gasteiger partial charge < -0.3 is 19.7 Å². The highest BCUT2D eigenvalue weighted by molar-refractivity contribution is 7.99. The summed E-state index contributed by atoms with van der Waals surface area (Å²) in [5, 5.41) is 3.89. The van der Waals surface area contributed by atoms with E-state index in [0.29, 0.717) is 17.2 Å². The number of nitrogens with zero attached hydrogens (tertiary/aromatic N) is 3. The summed E-state index contributed by atoms with van der Waals surface area (Å²) in [7, 11) is 3.18. The maximum atomic E-state index is 12.9. The van der Waals surface area contributed by atoms with E-state index in [1.807, 2.05) is 18.2 Å². The first-order chi connectivity index (χ1) is 15.7. The van der Waals surface area contributed by atoms with Crippen molar-refractivity contribution < 1.29 is 14.3 Å². The molecule has 0 saturated carbocycles. The highest BCUT2D eigenvalue weighted by atomic mass is 32.2. The maximum absolute atomic E-state index is 12.9. The Bertz CT molecular complexity index is 1030. The van der Waals surface area contributed by atoms with Gasteiger partial charge in [-0.05, 0) is 25.0 Å². The first-order valence-corrected chi connectivity index (χ1v) is 11.3. The Morgan fingerprint density at radius 3 is 2.31 bits per heavy atom. The lowest BCUT2D eigenvalue weighted by Crippen LogP contribution is -2.38. The molecule has 0 radical (unpaired) electrons. The predicted molar refractivity (Wildman–Crippen MR) is 126 cm³/mol. The van der Waals surface area contributed by atoms with Gasteiger partial charge in [0.25, 0.3) is 0 Å². The molecule has 4 rings (SSSR count). The van der Waals surface area contributed by atoms with Crippen molar-refractivity contribution in [1.29, 1.82) is 0 Å². The summed E-state index contributed by atoms with van der Waals surface area (Å²) in [6, 6.07) is 15.5. The van der Waals surface area contributed by atoms with Gasteiger partial charge in [-0.2, -0.15) is 0 Å². The summed E-state index contributed by atoms with van der Waals surface area (Å²) in [5.74, 6) is 2.10. The zero-order valence-corrected chi connectivity index (χ0v) is 19.0. The van der Waals surface area contributed by atoms with Crippen molar-refractivity contribution in [2.45, 2.75) is 22.8 Å². The van der Waals surface area contributed by atoms with E-state index in [1.54, 1.807) is 56.6 Å². The summed E-state index contributed by atoms with van der Waals surface area (Å²) in [5.41, 5.74) is 0.670. The number of carbonyl (C=O) groups excluding carboxylic acids is 1. The molecule has 1 aliphatic rings. The second-order valence-corrected chi connectivity index (χ2v) is 8.51. The number of benzene rings is 2. The van der Waals surface area contributed by atoms with Crippen LogP contribution < -0.4 is 19.7 Å². The van der Waals surface area contributed by atoms with Gasteiger partial charge in [0.05, 0.1) is 14.2 Å². The van der Waals surface area contributed by atoms with Crippen LogP contribution in [0.15, 0.2) is 70.8 Å². The van der Waals surface area contributed by atoms with Gasteiger partial charge in [-0.3, -0.25) is 4.79 Å². The molecule has 0 aliphatic carbocycles. The lowest BCUT2D eigenvalue weighted by Gasteiger charge is -2.32. The number of rotatable bonds is 7. The molecular weight excluding hydrogens is 424 g/mol. The van der Waals surface area contributed by atoms with Crippen LogP contribution in [-0.2, 0) is 4.79 Å². The lowest BCUT2D eigenvalue weighted by atomic mass is 9.96. The topological polar surface area (TPSA) is 76.6 Å². The van der Waals surface area contributed by atoms with Crippen LogP contribution in [-0.4, -0.2) is 43.2 Å². The van der Waals surface area contributed by atoms with Crippen molar-refractivity contribution >= 4 is 29.2 Å².